The summed E-state index contributed by atoms with van der Waals surface area (Å²) in [5.41, 5.74) is 2.46. The smallest absolute Gasteiger partial charge is 0.414 e. The van der Waals surface area contributed by atoms with E-state index in [1.165, 1.54) is 11.1 Å². The first kappa shape index (κ1) is 20.0. The van der Waals surface area contributed by atoms with Crippen molar-refractivity contribution in [3.63, 3.8) is 0 Å². The molecule has 0 aliphatic carbocycles. The van der Waals surface area contributed by atoms with Crippen LogP contribution in [0.25, 0.3) is 0 Å². The third-order valence-corrected chi connectivity index (χ3v) is 3.13. The lowest BCUT2D eigenvalue weighted by Gasteiger charge is -2.10. The third kappa shape index (κ3) is 7.36. The molecule has 134 valence electrons. The Morgan fingerprint density at radius 3 is 1.92 bits per heavy atom. The second-order valence-electron chi connectivity index (χ2n) is 4.89. The molecule has 0 fully saturated rings. The van der Waals surface area contributed by atoms with Gasteiger partial charge in [-0.25, -0.2) is 9.59 Å². The van der Waals surface area contributed by atoms with Gasteiger partial charge >= 0.3 is 11.9 Å². The Morgan fingerprint density at radius 1 is 0.840 bits per heavy atom. The molecule has 3 N–H and O–H groups in total. The number of methoxy groups -OCH3 is 2. The normalized spacial score (nSPS) is 9.52. The molecular weight excluding hydrogens is 326 g/mol. The van der Waals surface area contributed by atoms with Crippen molar-refractivity contribution in [2.75, 3.05) is 14.2 Å². The van der Waals surface area contributed by atoms with E-state index in [0.717, 1.165) is 24.6 Å². The van der Waals surface area contributed by atoms with Gasteiger partial charge in [0, 0.05) is 13.1 Å². The average Bonchev–Trinajstić information content (AvgIpc) is 2.63. The predicted octanol–water partition coefficient (Wildman–Crippen LogP) is 2.15. The van der Waals surface area contributed by atoms with E-state index >= 15 is 0 Å². The molecule has 2 aromatic carbocycles. The minimum absolute atomic E-state index is 0.759. The van der Waals surface area contributed by atoms with Crippen LogP contribution in [0, 0.1) is 0 Å². The van der Waals surface area contributed by atoms with Crippen molar-refractivity contribution in [3.8, 4) is 11.5 Å². The minimum Gasteiger partial charge on any atom is -0.493 e. The molecule has 2 aromatic rings. The van der Waals surface area contributed by atoms with Crippen molar-refractivity contribution in [2.24, 2.45) is 0 Å². The number of carbonyl (C=O) groups is 2. The number of rotatable bonds is 6. The van der Waals surface area contributed by atoms with E-state index < -0.39 is 11.9 Å². The van der Waals surface area contributed by atoms with E-state index in [2.05, 4.69) is 17.4 Å². The Hall–Kier alpha value is -3.06. The molecule has 0 amide bonds. The molecule has 0 bridgehead atoms. The monoisotopic (exact) mass is 347 g/mol. The molecule has 0 saturated heterocycles. The fourth-order valence-corrected chi connectivity index (χ4v) is 1.94. The van der Waals surface area contributed by atoms with Crippen LogP contribution in [0.15, 0.2) is 48.5 Å². The summed E-state index contributed by atoms with van der Waals surface area (Å²) < 4.78 is 10.5. The second-order valence-corrected chi connectivity index (χ2v) is 4.89. The molecule has 7 nitrogen and oxygen atoms in total. The first-order valence-corrected chi connectivity index (χ1v) is 7.39. The molecule has 0 unspecified atom stereocenters. The van der Waals surface area contributed by atoms with Gasteiger partial charge in [-0.1, -0.05) is 36.4 Å². The van der Waals surface area contributed by atoms with E-state index in [-0.39, 0.29) is 0 Å². The minimum atomic E-state index is -1.82. The number of nitrogens with one attached hydrogen (secondary N) is 1. The first-order valence-electron chi connectivity index (χ1n) is 7.39. The van der Waals surface area contributed by atoms with E-state index in [0.29, 0.717) is 0 Å². The Balaban J connectivity index is 0.000000450. The van der Waals surface area contributed by atoms with Crippen molar-refractivity contribution in [3.05, 3.63) is 59.7 Å². The zero-order valence-electron chi connectivity index (χ0n) is 14.1. The van der Waals surface area contributed by atoms with Crippen LogP contribution in [0.5, 0.6) is 11.5 Å². The lowest BCUT2D eigenvalue weighted by Crippen LogP contribution is -2.12. The van der Waals surface area contributed by atoms with E-state index in [1.807, 2.05) is 36.4 Å². The van der Waals surface area contributed by atoms with Gasteiger partial charge in [-0.3, -0.25) is 0 Å². The maximum absolute atomic E-state index is 9.10. The fourth-order valence-electron chi connectivity index (χ4n) is 1.94. The molecule has 0 saturated carbocycles. The van der Waals surface area contributed by atoms with Crippen molar-refractivity contribution in [2.45, 2.75) is 13.1 Å². The number of hydrogen-bond acceptors (Lipinski definition) is 5. The van der Waals surface area contributed by atoms with Crippen LogP contribution in [0.1, 0.15) is 11.1 Å². The topological polar surface area (TPSA) is 105 Å². The Bertz CT molecular complexity index is 675. The third-order valence-electron chi connectivity index (χ3n) is 3.13. The van der Waals surface area contributed by atoms with Gasteiger partial charge < -0.3 is 25.0 Å². The number of benzene rings is 2. The van der Waals surface area contributed by atoms with E-state index in [1.54, 1.807) is 14.2 Å². The highest BCUT2D eigenvalue weighted by Crippen LogP contribution is 2.27. The fraction of sp³-hybridized carbons (Fsp3) is 0.222. The number of ether oxygens (including phenoxy) is 2. The summed E-state index contributed by atoms with van der Waals surface area (Å²) in [5, 5.41) is 18.2. The van der Waals surface area contributed by atoms with Crippen LogP contribution in [0.4, 0.5) is 0 Å². The molecule has 0 aliphatic heterocycles. The summed E-state index contributed by atoms with van der Waals surface area (Å²) in [6.45, 7) is 1.66. The standard InChI is InChI=1S/C16H19NO2.C2H2O4/c1-18-15-9-8-14(10-16(15)19-2)12-17-11-13-6-4-3-5-7-13;3-1(4)2(5)6/h3-10,17H,11-12H2,1-2H3;(H,3,4)(H,5,6). The van der Waals surface area contributed by atoms with E-state index in [4.69, 9.17) is 29.3 Å². The maximum Gasteiger partial charge on any atom is 0.414 e. The lowest BCUT2D eigenvalue weighted by atomic mass is 10.2. The summed E-state index contributed by atoms with van der Waals surface area (Å²) in [7, 11) is 3.30. The second kappa shape index (κ2) is 10.7. The van der Waals surface area contributed by atoms with Crippen molar-refractivity contribution in [1.82, 2.24) is 5.32 Å². The molecule has 0 radical (unpaired) electrons. The van der Waals surface area contributed by atoms with Crippen LogP contribution in [-0.4, -0.2) is 36.4 Å². The van der Waals surface area contributed by atoms with Crippen LogP contribution < -0.4 is 14.8 Å². The molecule has 2 rings (SSSR count). The van der Waals surface area contributed by atoms with Gasteiger partial charge in [0.1, 0.15) is 0 Å². The van der Waals surface area contributed by atoms with E-state index in [9.17, 15) is 0 Å². The molecule has 0 aromatic heterocycles. The summed E-state index contributed by atoms with van der Waals surface area (Å²) >= 11 is 0. The Kier molecular flexibility index (Phi) is 8.53. The van der Waals surface area contributed by atoms with Gasteiger partial charge in [-0.15, -0.1) is 0 Å². The summed E-state index contributed by atoms with van der Waals surface area (Å²) in [5.74, 6) is -2.12. The van der Waals surface area contributed by atoms with Gasteiger partial charge in [-0.2, -0.15) is 0 Å². The first-order chi connectivity index (χ1) is 12.0. The maximum atomic E-state index is 9.10. The van der Waals surface area contributed by atoms with Crippen LogP contribution in [0.3, 0.4) is 0 Å². The predicted molar refractivity (Wildman–Crippen MR) is 91.8 cm³/mol. The van der Waals surface area contributed by atoms with Crippen molar-refractivity contribution >= 4 is 11.9 Å². The Morgan fingerprint density at radius 2 is 1.40 bits per heavy atom. The van der Waals surface area contributed by atoms with Gasteiger partial charge in [0.15, 0.2) is 11.5 Å². The highest BCUT2D eigenvalue weighted by atomic mass is 16.5. The number of aliphatic carboxylic acids is 2. The zero-order valence-corrected chi connectivity index (χ0v) is 14.1. The lowest BCUT2D eigenvalue weighted by molar-refractivity contribution is -0.159. The van der Waals surface area contributed by atoms with Crippen LogP contribution in [0.2, 0.25) is 0 Å². The van der Waals surface area contributed by atoms with Gasteiger partial charge in [0.05, 0.1) is 14.2 Å². The molecular formula is C18H21NO6. The average molecular weight is 347 g/mol. The summed E-state index contributed by atoms with van der Waals surface area (Å²) in [6.07, 6.45) is 0. The molecule has 25 heavy (non-hydrogen) atoms. The number of carboxylic acid groups (broad SMARTS) is 2. The van der Waals surface area contributed by atoms with Crippen LogP contribution >= 0.6 is 0 Å². The molecule has 0 heterocycles. The summed E-state index contributed by atoms with van der Waals surface area (Å²) in [6, 6.07) is 16.3. The van der Waals surface area contributed by atoms with Crippen LogP contribution in [-0.2, 0) is 22.7 Å². The quantitative estimate of drug-likeness (QED) is 0.688. The van der Waals surface area contributed by atoms with Gasteiger partial charge in [0.2, 0.25) is 0 Å². The van der Waals surface area contributed by atoms with Crippen molar-refractivity contribution in [1.29, 1.82) is 0 Å². The molecule has 0 atom stereocenters. The largest absolute Gasteiger partial charge is 0.493 e. The molecule has 0 spiro atoms. The molecule has 7 heteroatoms. The SMILES string of the molecule is COc1ccc(CNCc2ccccc2)cc1OC.O=C(O)C(=O)O. The Labute approximate surface area is 145 Å². The molecule has 0 aliphatic rings. The highest BCUT2D eigenvalue weighted by Gasteiger charge is 2.04. The zero-order chi connectivity index (χ0) is 18.7. The van der Waals surface area contributed by atoms with Gasteiger partial charge in [-0.05, 0) is 23.3 Å². The van der Waals surface area contributed by atoms with Crippen molar-refractivity contribution < 1.29 is 29.3 Å². The summed E-state index contributed by atoms with van der Waals surface area (Å²) in [4.78, 5) is 18.2. The highest BCUT2D eigenvalue weighted by molar-refractivity contribution is 6.27. The number of hydrogen-bond donors (Lipinski definition) is 3. The number of carboxylic acids is 2. The van der Waals surface area contributed by atoms with Gasteiger partial charge in [0.25, 0.3) is 0 Å².